The highest BCUT2D eigenvalue weighted by Gasteiger charge is 2.29. The van der Waals surface area contributed by atoms with Gasteiger partial charge in [-0.2, -0.15) is 0 Å². The molecule has 0 saturated carbocycles. The summed E-state index contributed by atoms with van der Waals surface area (Å²) in [6.45, 7) is 3.68. The molecular weight excluding hydrogens is 306 g/mol. The second-order valence-electron chi connectivity index (χ2n) is 5.67. The highest BCUT2D eigenvalue weighted by Crippen LogP contribution is 2.24. The summed E-state index contributed by atoms with van der Waals surface area (Å²) >= 11 is 5.71. The number of rotatable bonds is 3. The number of hydrogen-bond acceptors (Lipinski definition) is 4. The van der Waals surface area contributed by atoms with E-state index in [9.17, 15) is 14.7 Å². The first-order valence-electron chi connectivity index (χ1n) is 7.37. The van der Waals surface area contributed by atoms with Crippen molar-refractivity contribution in [2.45, 2.75) is 45.2 Å². The molecule has 0 unspecified atom stereocenters. The standard InChI is InChI=1S/C16H20ClNO4/c1-10-4-3-5-11(2)18(10)15(20)9-22-16(21)13-7-6-12(17)8-14(13)19/h6-8,10-11,19H,3-5,9H2,1-2H3/t10-,11-/m1/s1. The molecule has 0 aliphatic carbocycles. The molecule has 1 amide bonds. The van der Waals surface area contributed by atoms with Crippen LogP contribution in [0.4, 0.5) is 0 Å². The summed E-state index contributed by atoms with van der Waals surface area (Å²) < 4.78 is 5.03. The number of phenols is 1. The van der Waals surface area contributed by atoms with Crippen LogP contribution in [-0.2, 0) is 9.53 Å². The molecule has 2 rings (SSSR count). The summed E-state index contributed by atoms with van der Waals surface area (Å²) in [4.78, 5) is 26.0. The minimum Gasteiger partial charge on any atom is -0.507 e. The molecule has 1 aromatic rings. The summed E-state index contributed by atoms with van der Waals surface area (Å²) in [6.07, 6.45) is 3.02. The number of piperidine rings is 1. The third-order valence-electron chi connectivity index (χ3n) is 3.99. The van der Waals surface area contributed by atoms with E-state index in [4.69, 9.17) is 16.3 Å². The number of amides is 1. The maximum Gasteiger partial charge on any atom is 0.342 e. The predicted octanol–water partition coefficient (Wildman–Crippen LogP) is 2.99. The minimum atomic E-state index is -0.736. The molecule has 1 N–H and O–H groups in total. The summed E-state index contributed by atoms with van der Waals surface area (Å²) in [6, 6.07) is 4.41. The molecule has 1 fully saturated rings. The molecule has 1 heterocycles. The fraction of sp³-hybridized carbons (Fsp3) is 0.500. The molecule has 0 radical (unpaired) electrons. The lowest BCUT2D eigenvalue weighted by Crippen LogP contribution is -2.49. The van der Waals surface area contributed by atoms with E-state index in [1.54, 1.807) is 4.90 Å². The number of carbonyl (C=O) groups excluding carboxylic acids is 2. The van der Waals surface area contributed by atoms with E-state index in [-0.39, 0.29) is 35.9 Å². The van der Waals surface area contributed by atoms with Gasteiger partial charge >= 0.3 is 5.97 Å². The number of nitrogens with zero attached hydrogens (tertiary/aromatic N) is 1. The zero-order valence-electron chi connectivity index (χ0n) is 12.7. The van der Waals surface area contributed by atoms with E-state index < -0.39 is 5.97 Å². The Hall–Kier alpha value is -1.75. The summed E-state index contributed by atoms with van der Waals surface area (Å²) in [7, 11) is 0. The number of hydrogen-bond donors (Lipinski definition) is 1. The van der Waals surface area contributed by atoms with Gasteiger partial charge in [0.25, 0.3) is 5.91 Å². The second-order valence-corrected chi connectivity index (χ2v) is 6.10. The van der Waals surface area contributed by atoms with Crippen molar-refractivity contribution >= 4 is 23.5 Å². The molecule has 0 aromatic heterocycles. The molecule has 22 heavy (non-hydrogen) atoms. The topological polar surface area (TPSA) is 66.8 Å². The molecule has 6 heteroatoms. The molecule has 1 aliphatic rings. The first-order valence-corrected chi connectivity index (χ1v) is 7.74. The van der Waals surface area contributed by atoms with Gasteiger partial charge in [0.15, 0.2) is 6.61 Å². The number of halogens is 1. The Kier molecular flexibility index (Phi) is 5.29. The lowest BCUT2D eigenvalue weighted by Gasteiger charge is -2.38. The molecule has 0 spiro atoms. The van der Waals surface area contributed by atoms with Gasteiger partial charge in [0.05, 0.1) is 0 Å². The Labute approximate surface area is 134 Å². The maximum absolute atomic E-state index is 12.3. The van der Waals surface area contributed by atoms with Gasteiger partial charge in [0.2, 0.25) is 0 Å². The van der Waals surface area contributed by atoms with Crippen molar-refractivity contribution in [2.24, 2.45) is 0 Å². The fourth-order valence-electron chi connectivity index (χ4n) is 2.87. The van der Waals surface area contributed by atoms with Gasteiger partial charge in [0, 0.05) is 17.1 Å². The second kappa shape index (κ2) is 7.01. The Morgan fingerprint density at radius 3 is 2.55 bits per heavy atom. The molecule has 1 aromatic carbocycles. The van der Waals surface area contributed by atoms with Crippen LogP contribution in [0.15, 0.2) is 18.2 Å². The minimum absolute atomic E-state index is 0.00283. The van der Waals surface area contributed by atoms with E-state index >= 15 is 0 Å². The molecule has 120 valence electrons. The van der Waals surface area contributed by atoms with E-state index in [1.807, 2.05) is 13.8 Å². The van der Waals surface area contributed by atoms with Crippen LogP contribution in [0, 0.1) is 0 Å². The van der Waals surface area contributed by atoms with Crippen LogP contribution >= 0.6 is 11.6 Å². The Morgan fingerprint density at radius 1 is 1.32 bits per heavy atom. The number of likely N-dealkylation sites (tertiary alicyclic amines) is 1. The van der Waals surface area contributed by atoms with Crippen molar-refractivity contribution in [3.63, 3.8) is 0 Å². The van der Waals surface area contributed by atoms with Crippen molar-refractivity contribution in [1.29, 1.82) is 0 Å². The van der Waals surface area contributed by atoms with Crippen LogP contribution < -0.4 is 0 Å². The zero-order chi connectivity index (χ0) is 16.3. The monoisotopic (exact) mass is 325 g/mol. The average molecular weight is 326 g/mol. The normalized spacial score (nSPS) is 21.5. The average Bonchev–Trinajstić information content (AvgIpc) is 2.44. The van der Waals surface area contributed by atoms with Crippen LogP contribution in [0.1, 0.15) is 43.5 Å². The van der Waals surface area contributed by atoms with E-state index in [1.165, 1.54) is 18.2 Å². The van der Waals surface area contributed by atoms with Gasteiger partial charge in [-0.3, -0.25) is 4.79 Å². The van der Waals surface area contributed by atoms with Crippen molar-refractivity contribution in [1.82, 2.24) is 4.90 Å². The number of ether oxygens (including phenoxy) is 1. The largest absolute Gasteiger partial charge is 0.507 e. The lowest BCUT2D eigenvalue weighted by molar-refractivity contribution is -0.140. The van der Waals surface area contributed by atoms with Crippen molar-refractivity contribution in [3.8, 4) is 5.75 Å². The molecule has 5 nitrogen and oxygen atoms in total. The van der Waals surface area contributed by atoms with Crippen molar-refractivity contribution in [2.75, 3.05) is 6.61 Å². The third-order valence-corrected chi connectivity index (χ3v) is 4.22. The van der Waals surface area contributed by atoms with Gasteiger partial charge in [0.1, 0.15) is 11.3 Å². The van der Waals surface area contributed by atoms with Crippen LogP contribution in [-0.4, -0.2) is 40.6 Å². The molecule has 1 saturated heterocycles. The molecular formula is C16H20ClNO4. The molecule has 0 bridgehead atoms. The van der Waals surface area contributed by atoms with Crippen LogP contribution in [0.3, 0.4) is 0 Å². The molecule has 2 atom stereocenters. The Bertz CT molecular complexity index is 565. The first-order chi connectivity index (χ1) is 10.4. The highest BCUT2D eigenvalue weighted by molar-refractivity contribution is 6.30. The van der Waals surface area contributed by atoms with Crippen LogP contribution in [0.5, 0.6) is 5.75 Å². The fourth-order valence-corrected chi connectivity index (χ4v) is 3.04. The van der Waals surface area contributed by atoms with Crippen molar-refractivity contribution < 1.29 is 19.4 Å². The number of aromatic hydroxyl groups is 1. The summed E-state index contributed by atoms with van der Waals surface area (Å²) in [5.74, 6) is -1.20. The van der Waals surface area contributed by atoms with Gasteiger partial charge in [-0.1, -0.05) is 11.6 Å². The highest BCUT2D eigenvalue weighted by atomic mass is 35.5. The smallest absolute Gasteiger partial charge is 0.342 e. The lowest BCUT2D eigenvalue weighted by atomic mass is 9.97. The van der Waals surface area contributed by atoms with Gasteiger partial charge < -0.3 is 14.7 Å². The Balaban J connectivity index is 1.97. The van der Waals surface area contributed by atoms with E-state index in [0.717, 1.165) is 19.3 Å². The van der Waals surface area contributed by atoms with Gasteiger partial charge in [-0.25, -0.2) is 4.79 Å². The first kappa shape index (κ1) is 16.6. The van der Waals surface area contributed by atoms with Crippen LogP contribution in [0.25, 0.3) is 0 Å². The summed E-state index contributed by atoms with van der Waals surface area (Å²) in [5.41, 5.74) is -0.00283. The number of carbonyl (C=O) groups is 2. The SMILES string of the molecule is C[C@@H]1CCC[C@@H](C)N1C(=O)COC(=O)c1ccc(Cl)cc1O. The van der Waals surface area contributed by atoms with Crippen molar-refractivity contribution in [3.05, 3.63) is 28.8 Å². The zero-order valence-corrected chi connectivity index (χ0v) is 13.5. The van der Waals surface area contributed by atoms with Crippen LogP contribution in [0.2, 0.25) is 5.02 Å². The molecule has 1 aliphatic heterocycles. The Morgan fingerprint density at radius 2 is 1.95 bits per heavy atom. The van der Waals surface area contributed by atoms with E-state index in [0.29, 0.717) is 5.02 Å². The summed E-state index contributed by atoms with van der Waals surface area (Å²) in [5, 5.41) is 10.00. The van der Waals surface area contributed by atoms with Gasteiger partial charge in [-0.15, -0.1) is 0 Å². The van der Waals surface area contributed by atoms with E-state index in [2.05, 4.69) is 0 Å². The quantitative estimate of drug-likeness (QED) is 0.868. The maximum atomic E-state index is 12.3. The predicted molar refractivity (Wildman–Crippen MR) is 83.0 cm³/mol. The number of esters is 1. The number of phenolic OH excluding ortho intramolecular Hbond substituents is 1. The van der Waals surface area contributed by atoms with Gasteiger partial charge in [-0.05, 0) is 51.3 Å². The third kappa shape index (κ3) is 3.71. The number of benzene rings is 1.